The van der Waals surface area contributed by atoms with Crippen LogP contribution in [0.4, 0.5) is 0 Å². The van der Waals surface area contributed by atoms with Crippen LogP contribution in [0.25, 0.3) is 0 Å². The van der Waals surface area contributed by atoms with Gasteiger partial charge in [-0.15, -0.1) is 6.58 Å². The highest BCUT2D eigenvalue weighted by Crippen LogP contribution is 2.01. The predicted molar refractivity (Wildman–Crippen MR) is 86.3 cm³/mol. The van der Waals surface area contributed by atoms with E-state index in [1.54, 1.807) is 6.08 Å². The fraction of sp³-hybridized carbons (Fsp3) is 0.438. The van der Waals surface area contributed by atoms with E-state index in [0.717, 1.165) is 12.1 Å². The van der Waals surface area contributed by atoms with Gasteiger partial charge in [-0.05, 0) is 12.5 Å². The van der Waals surface area contributed by atoms with E-state index in [1.807, 2.05) is 37.3 Å². The SMILES string of the molecule is C=CCNC(=NCC(O)COCc1ccccc1)NCC. The van der Waals surface area contributed by atoms with Crippen LogP contribution in [0.3, 0.4) is 0 Å². The first-order valence-electron chi connectivity index (χ1n) is 7.19. The molecule has 0 aromatic heterocycles. The fourth-order valence-corrected chi connectivity index (χ4v) is 1.65. The lowest BCUT2D eigenvalue weighted by molar-refractivity contribution is 0.0331. The number of ether oxygens (including phenoxy) is 1. The molecule has 0 saturated heterocycles. The summed E-state index contributed by atoms with van der Waals surface area (Å²) in [6.07, 6.45) is 1.14. The quantitative estimate of drug-likeness (QED) is 0.364. The molecular formula is C16H25N3O2. The van der Waals surface area contributed by atoms with Crippen LogP contribution in [-0.4, -0.2) is 43.4 Å². The maximum absolute atomic E-state index is 9.86. The van der Waals surface area contributed by atoms with Gasteiger partial charge >= 0.3 is 0 Å². The van der Waals surface area contributed by atoms with Crippen molar-refractivity contribution < 1.29 is 9.84 Å². The summed E-state index contributed by atoms with van der Waals surface area (Å²) in [5.74, 6) is 0.666. The Bertz CT molecular complexity index is 421. The van der Waals surface area contributed by atoms with Crippen molar-refractivity contribution in [3.63, 3.8) is 0 Å². The molecular weight excluding hydrogens is 266 g/mol. The van der Waals surface area contributed by atoms with Crippen LogP contribution in [-0.2, 0) is 11.3 Å². The molecule has 116 valence electrons. The number of nitrogens with zero attached hydrogens (tertiary/aromatic N) is 1. The minimum Gasteiger partial charge on any atom is -0.389 e. The Morgan fingerprint density at radius 3 is 2.81 bits per heavy atom. The van der Waals surface area contributed by atoms with E-state index in [9.17, 15) is 5.11 Å². The van der Waals surface area contributed by atoms with Gasteiger partial charge in [0.05, 0.1) is 25.9 Å². The Kier molecular flexibility index (Phi) is 8.91. The molecule has 5 heteroatoms. The lowest BCUT2D eigenvalue weighted by Crippen LogP contribution is -2.38. The Morgan fingerprint density at radius 2 is 2.14 bits per heavy atom. The molecule has 0 radical (unpaired) electrons. The monoisotopic (exact) mass is 291 g/mol. The van der Waals surface area contributed by atoms with Gasteiger partial charge in [0.2, 0.25) is 0 Å². The third kappa shape index (κ3) is 8.12. The van der Waals surface area contributed by atoms with Gasteiger partial charge < -0.3 is 20.5 Å². The van der Waals surface area contributed by atoms with Crippen molar-refractivity contribution in [1.82, 2.24) is 10.6 Å². The van der Waals surface area contributed by atoms with Crippen LogP contribution in [0.2, 0.25) is 0 Å². The second-order valence-corrected chi connectivity index (χ2v) is 4.54. The zero-order valence-electron chi connectivity index (χ0n) is 12.6. The number of benzene rings is 1. The van der Waals surface area contributed by atoms with Crippen molar-refractivity contribution in [1.29, 1.82) is 0 Å². The van der Waals surface area contributed by atoms with Crippen LogP contribution < -0.4 is 10.6 Å². The molecule has 0 fully saturated rings. The van der Waals surface area contributed by atoms with E-state index >= 15 is 0 Å². The molecule has 0 heterocycles. The molecule has 1 rings (SSSR count). The molecule has 0 amide bonds. The molecule has 1 unspecified atom stereocenters. The summed E-state index contributed by atoms with van der Waals surface area (Å²) in [5, 5.41) is 16.0. The van der Waals surface area contributed by atoms with Gasteiger partial charge in [-0.2, -0.15) is 0 Å². The first-order valence-corrected chi connectivity index (χ1v) is 7.19. The van der Waals surface area contributed by atoms with Gasteiger partial charge in [-0.1, -0.05) is 36.4 Å². The topological polar surface area (TPSA) is 65.9 Å². The van der Waals surface area contributed by atoms with Crippen molar-refractivity contribution in [3.8, 4) is 0 Å². The Hall–Kier alpha value is -1.85. The fourth-order valence-electron chi connectivity index (χ4n) is 1.65. The molecule has 0 spiro atoms. The van der Waals surface area contributed by atoms with Crippen LogP contribution in [0.1, 0.15) is 12.5 Å². The highest BCUT2D eigenvalue weighted by atomic mass is 16.5. The maximum atomic E-state index is 9.86. The standard InChI is InChI=1S/C16H25N3O2/c1-3-10-18-16(17-4-2)19-11-15(20)13-21-12-14-8-6-5-7-9-14/h3,5-9,15,20H,1,4,10-13H2,2H3,(H2,17,18,19). The molecule has 21 heavy (non-hydrogen) atoms. The first-order chi connectivity index (χ1) is 10.3. The van der Waals surface area contributed by atoms with Gasteiger partial charge in [-0.25, -0.2) is 0 Å². The van der Waals surface area contributed by atoms with Gasteiger partial charge in [0.25, 0.3) is 0 Å². The Labute approximate surface area is 126 Å². The molecule has 5 nitrogen and oxygen atoms in total. The maximum Gasteiger partial charge on any atom is 0.191 e. The number of hydrogen-bond acceptors (Lipinski definition) is 3. The zero-order chi connectivity index (χ0) is 15.3. The summed E-state index contributed by atoms with van der Waals surface area (Å²) >= 11 is 0. The molecule has 3 N–H and O–H groups in total. The second-order valence-electron chi connectivity index (χ2n) is 4.54. The number of aliphatic imine (C=N–C) groups is 1. The summed E-state index contributed by atoms with van der Waals surface area (Å²) in [7, 11) is 0. The first kappa shape index (κ1) is 17.2. The van der Waals surface area contributed by atoms with E-state index in [2.05, 4.69) is 22.2 Å². The van der Waals surface area contributed by atoms with E-state index in [4.69, 9.17) is 4.74 Å². The van der Waals surface area contributed by atoms with E-state index in [1.165, 1.54) is 0 Å². The van der Waals surface area contributed by atoms with Crippen molar-refractivity contribution >= 4 is 5.96 Å². The smallest absolute Gasteiger partial charge is 0.191 e. The molecule has 1 atom stereocenters. The molecule has 0 aliphatic rings. The predicted octanol–water partition coefficient (Wildman–Crippen LogP) is 1.31. The average Bonchev–Trinajstić information content (AvgIpc) is 2.51. The van der Waals surface area contributed by atoms with E-state index in [0.29, 0.717) is 25.7 Å². The van der Waals surface area contributed by atoms with Crippen LogP contribution >= 0.6 is 0 Å². The van der Waals surface area contributed by atoms with Crippen LogP contribution in [0.15, 0.2) is 48.0 Å². The van der Waals surface area contributed by atoms with Crippen molar-refractivity contribution in [2.24, 2.45) is 4.99 Å². The molecule has 0 bridgehead atoms. The number of aliphatic hydroxyl groups is 1. The highest BCUT2D eigenvalue weighted by molar-refractivity contribution is 5.79. The lowest BCUT2D eigenvalue weighted by atomic mass is 10.2. The number of aliphatic hydroxyl groups excluding tert-OH is 1. The van der Waals surface area contributed by atoms with Crippen LogP contribution in [0, 0.1) is 0 Å². The summed E-state index contributed by atoms with van der Waals surface area (Å²) in [6, 6.07) is 9.88. The third-order valence-electron chi connectivity index (χ3n) is 2.64. The molecule has 1 aromatic rings. The van der Waals surface area contributed by atoms with Gasteiger partial charge in [0.15, 0.2) is 5.96 Å². The molecule has 0 aliphatic carbocycles. The van der Waals surface area contributed by atoms with Crippen molar-refractivity contribution in [2.75, 3.05) is 26.2 Å². The normalized spacial score (nSPS) is 12.8. The Morgan fingerprint density at radius 1 is 1.38 bits per heavy atom. The second kappa shape index (κ2) is 10.9. The molecule has 0 aliphatic heterocycles. The highest BCUT2D eigenvalue weighted by Gasteiger charge is 2.04. The van der Waals surface area contributed by atoms with Gasteiger partial charge in [-0.3, -0.25) is 4.99 Å². The van der Waals surface area contributed by atoms with Crippen LogP contribution in [0.5, 0.6) is 0 Å². The van der Waals surface area contributed by atoms with Gasteiger partial charge in [0, 0.05) is 13.1 Å². The van der Waals surface area contributed by atoms with Crippen molar-refractivity contribution in [3.05, 3.63) is 48.6 Å². The summed E-state index contributed by atoms with van der Waals surface area (Å²) in [4.78, 5) is 4.29. The molecule has 0 saturated carbocycles. The average molecular weight is 291 g/mol. The number of rotatable bonds is 9. The lowest BCUT2D eigenvalue weighted by Gasteiger charge is -2.12. The summed E-state index contributed by atoms with van der Waals surface area (Å²) in [6.45, 7) is 8.08. The van der Waals surface area contributed by atoms with E-state index < -0.39 is 6.10 Å². The minimum absolute atomic E-state index is 0.263. The van der Waals surface area contributed by atoms with E-state index in [-0.39, 0.29) is 6.61 Å². The molecule has 1 aromatic carbocycles. The summed E-state index contributed by atoms with van der Waals surface area (Å²) < 4.78 is 5.48. The summed E-state index contributed by atoms with van der Waals surface area (Å²) in [5.41, 5.74) is 1.09. The number of guanidine groups is 1. The number of nitrogens with one attached hydrogen (secondary N) is 2. The largest absolute Gasteiger partial charge is 0.389 e. The van der Waals surface area contributed by atoms with Gasteiger partial charge in [0.1, 0.15) is 0 Å². The third-order valence-corrected chi connectivity index (χ3v) is 2.64. The number of hydrogen-bond donors (Lipinski definition) is 3. The minimum atomic E-state index is -0.618. The zero-order valence-corrected chi connectivity index (χ0v) is 12.6. The Balaban J connectivity index is 2.27. The van der Waals surface area contributed by atoms with Crippen molar-refractivity contribution in [2.45, 2.75) is 19.6 Å².